The summed E-state index contributed by atoms with van der Waals surface area (Å²) in [4.78, 5) is 15.9. The molecular formula is C12H17BrN2O3. The smallest absolute Gasteiger partial charge is 0.413 e. The second-order valence-electron chi connectivity index (χ2n) is 4.61. The summed E-state index contributed by atoms with van der Waals surface area (Å²) in [6, 6.07) is 3.56. The van der Waals surface area contributed by atoms with E-state index >= 15 is 0 Å². The number of rotatable bonds is 3. The van der Waals surface area contributed by atoms with Gasteiger partial charge in [0, 0.05) is 5.33 Å². The minimum atomic E-state index is -0.556. The lowest BCUT2D eigenvalue weighted by atomic mass is 10.2. The molecule has 0 spiro atoms. The zero-order valence-electron chi connectivity index (χ0n) is 10.9. The lowest BCUT2D eigenvalue weighted by Crippen LogP contribution is -2.27. The van der Waals surface area contributed by atoms with Gasteiger partial charge < -0.3 is 9.47 Å². The number of carbonyl (C=O) groups excluding carboxylic acids is 1. The van der Waals surface area contributed by atoms with Crippen molar-refractivity contribution in [1.82, 2.24) is 4.98 Å². The van der Waals surface area contributed by atoms with Gasteiger partial charge in [-0.15, -0.1) is 0 Å². The van der Waals surface area contributed by atoms with E-state index in [1.54, 1.807) is 26.8 Å². The van der Waals surface area contributed by atoms with Crippen LogP contribution in [0, 0.1) is 0 Å². The molecule has 0 radical (unpaired) electrons. The molecule has 1 aromatic rings. The van der Waals surface area contributed by atoms with Crippen molar-refractivity contribution in [2.24, 2.45) is 0 Å². The fraction of sp³-hybridized carbons (Fsp3) is 0.500. The number of halogens is 1. The number of methoxy groups -OCH3 is 1. The van der Waals surface area contributed by atoms with E-state index in [0.717, 1.165) is 5.69 Å². The van der Waals surface area contributed by atoms with Gasteiger partial charge in [0.2, 0.25) is 0 Å². The minimum absolute atomic E-state index is 0.351. The molecule has 0 aliphatic rings. The van der Waals surface area contributed by atoms with Crippen molar-refractivity contribution in [2.45, 2.75) is 31.7 Å². The molecule has 0 bridgehead atoms. The Morgan fingerprint density at radius 1 is 1.44 bits per heavy atom. The van der Waals surface area contributed by atoms with E-state index in [0.29, 0.717) is 16.9 Å². The third-order valence-corrected chi connectivity index (χ3v) is 2.47. The molecule has 18 heavy (non-hydrogen) atoms. The summed E-state index contributed by atoms with van der Waals surface area (Å²) in [6.45, 7) is 5.39. The second-order valence-corrected chi connectivity index (χ2v) is 5.17. The molecule has 1 amide bonds. The molecule has 6 heteroatoms. The quantitative estimate of drug-likeness (QED) is 0.869. The van der Waals surface area contributed by atoms with E-state index < -0.39 is 11.7 Å². The average molecular weight is 317 g/mol. The molecule has 1 heterocycles. The molecule has 0 aromatic carbocycles. The highest BCUT2D eigenvalue weighted by atomic mass is 79.9. The Morgan fingerprint density at radius 3 is 2.61 bits per heavy atom. The number of ether oxygens (including phenoxy) is 2. The fourth-order valence-corrected chi connectivity index (χ4v) is 1.53. The van der Waals surface area contributed by atoms with E-state index in [4.69, 9.17) is 9.47 Å². The Labute approximate surface area is 115 Å². The van der Waals surface area contributed by atoms with Gasteiger partial charge in [-0.05, 0) is 32.9 Å². The van der Waals surface area contributed by atoms with Crippen molar-refractivity contribution in [2.75, 3.05) is 12.4 Å². The molecule has 5 nitrogen and oxygen atoms in total. The molecule has 0 aliphatic carbocycles. The summed E-state index contributed by atoms with van der Waals surface area (Å²) in [6.07, 6.45) is -0.556. The van der Waals surface area contributed by atoms with Gasteiger partial charge in [0.15, 0.2) is 11.6 Å². The monoisotopic (exact) mass is 316 g/mol. The highest BCUT2D eigenvalue weighted by Gasteiger charge is 2.18. The number of amides is 1. The molecule has 1 rings (SSSR count). The Bertz CT molecular complexity index is 430. The number of carbonyl (C=O) groups is 1. The van der Waals surface area contributed by atoms with Crippen LogP contribution in [0.2, 0.25) is 0 Å². The lowest BCUT2D eigenvalue weighted by Gasteiger charge is -2.20. The SMILES string of the molecule is COc1ccc(CBr)nc1NC(=O)OC(C)(C)C. The van der Waals surface area contributed by atoms with Gasteiger partial charge in [-0.2, -0.15) is 0 Å². The topological polar surface area (TPSA) is 60.5 Å². The Morgan fingerprint density at radius 2 is 2.11 bits per heavy atom. The van der Waals surface area contributed by atoms with Crippen molar-refractivity contribution in [3.8, 4) is 5.75 Å². The molecule has 0 aliphatic heterocycles. The first-order valence-corrected chi connectivity index (χ1v) is 6.57. The van der Waals surface area contributed by atoms with Crippen LogP contribution >= 0.6 is 15.9 Å². The zero-order chi connectivity index (χ0) is 13.8. The number of nitrogens with zero attached hydrogens (tertiary/aromatic N) is 1. The van der Waals surface area contributed by atoms with Crippen LogP contribution in [-0.2, 0) is 10.1 Å². The van der Waals surface area contributed by atoms with E-state index in [2.05, 4.69) is 26.2 Å². The van der Waals surface area contributed by atoms with Gasteiger partial charge in [-0.1, -0.05) is 15.9 Å². The summed E-state index contributed by atoms with van der Waals surface area (Å²) in [5.41, 5.74) is 0.242. The van der Waals surface area contributed by atoms with Crippen molar-refractivity contribution in [3.63, 3.8) is 0 Å². The molecular weight excluding hydrogens is 300 g/mol. The highest BCUT2D eigenvalue weighted by molar-refractivity contribution is 9.08. The Hall–Kier alpha value is -1.30. The number of aromatic nitrogens is 1. The van der Waals surface area contributed by atoms with Crippen molar-refractivity contribution >= 4 is 27.8 Å². The number of hydrogen-bond acceptors (Lipinski definition) is 4. The normalized spacial score (nSPS) is 10.9. The molecule has 1 aromatic heterocycles. The lowest BCUT2D eigenvalue weighted by molar-refractivity contribution is 0.0634. The van der Waals surface area contributed by atoms with Gasteiger partial charge >= 0.3 is 6.09 Å². The first kappa shape index (κ1) is 14.8. The molecule has 0 unspecified atom stereocenters. The standard InChI is InChI=1S/C12H17BrN2O3/c1-12(2,3)18-11(16)15-10-9(17-4)6-5-8(7-13)14-10/h5-6H,7H2,1-4H3,(H,14,15,16). The summed E-state index contributed by atoms with van der Waals surface area (Å²) < 4.78 is 10.3. The van der Waals surface area contributed by atoms with Gasteiger partial charge in [0.25, 0.3) is 0 Å². The van der Waals surface area contributed by atoms with Gasteiger partial charge in [-0.25, -0.2) is 9.78 Å². The van der Waals surface area contributed by atoms with Crippen LogP contribution in [0.25, 0.3) is 0 Å². The molecule has 0 saturated carbocycles. The van der Waals surface area contributed by atoms with Crippen molar-refractivity contribution in [3.05, 3.63) is 17.8 Å². The summed E-state index contributed by atoms with van der Waals surface area (Å²) >= 11 is 3.31. The predicted molar refractivity (Wildman–Crippen MR) is 73.3 cm³/mol. The van der Waals surface area contributed by atoms with E-state index in [9.17, 15) is 4.79 Å². The fourth-order valence-electron chi connectivity index (χ4n) is 1.22. The highest BCUT2D eigenvalue weighted by Crippen LogP contribution is 2.23. The first-order chi connectivity index (χ1) is 8.35. The Kier molecular flexibility index (Phi) is 4.95. The van der Waals surface area contributed by atoms with E-state index in [1.807, 2.05) is 6.07 Å². The van der Waals surface area contributed by atoms with Crippen LogP contribution in [0.15, 0.2) is 12.1 Å². The van der Waals surface area contributed by atoms with Crippen LogP contribution in [0.1, 0.15) is 26.5 Å². The summed E-state index contributed by atoms with van der Waals surface area (Å²) in [7, 11) is 1.52. The number of nitrogens with one attached hydrogen (secondary N) is 1. The maximum atomic E-state index is 11.7. The molecule has 100 valence electrons. The first-order valence-electron chi connectivity index (χ1n) is 5.45. The largest absolute Gasteiger partial charge is 0.493 e. The van der Waals surface area contributed by atoms with Gasteiger partial charge in [0.05, 0.1) is 12.8 Å². The summed E-state index contributed by atoms with van der Waals surface area (Å²) in [5, 5.41) is 3.17. The van der Waals surface area contributed by atoms with E-state index in [-0.39, 0.29) is 0 Å². The second kappa shape index (κ2) is 6.04. The maximum absolute atomic E-state index is 11.7. The van der Waals surface area contributed by atoms with Gasteiger partial charge in [-0.3, -0.25) is 5.32 Å². The molecule has 0 atom stereocenters. The third kappa shape index (κ3) is 4.52. The zero-order valence-corrected chi connectivity index (χ0v) is 12.5. The van der Waals surface area contributed by atoms with E-state index in [1.165, 1.54) is 7.11 Å². The number of anilines is 1. The summed E-state index contributed by atoms with van der Waals surface area (Å²) in [5.74, 6) is 0.842. The average Bonchev–Trinajstić information content (AvgIpc) is 2.26. The molecule has 0 saturated heterocycles. The maximum Gasteiger partial charge on any atom is 0.413 e. The Balaban J connectivity index is 2.85. The van der Waals surface area contributed by atoms with Crippen LogP contribution < -0.4 is 10.1 Å². The van der Waals surface area contributed by atoms with Crippen molar-refractivity contribution in [1.29, 1.82) is 0 Å². The van der Waals surface area contributed by atoms with Crippen LogP contribution in [0.4, 0.5) is 10.6 Å². The number of pyridine rings is 1. The van der Waals surface area contributed by atoms with Gasteiger partial charge in [0.1, 0.15) is 5.60 Å². The molecule has 1 N–H and O–H groups in total. The minimum Gasteiger partial charge on any atom is -0.493 e. The molecule has 0 fully saturated rings. The van der Waals surface area contributed by atoms with Crippen LogP contribution in [-0.4, -0.2) is 23.8 Å². The number of hydrogen-bond donors (Lipinski definition) is 1. The third-order valence-electron chi connectivity index (χ3n) is 1.89. The number of alkyl halides is 1. The van der Waals surface area contributed by atoms with Crippen LogP contribution in [0.5, 0.6) is 5.75 Å². The van der Waals surface area contributed by atoms with Crippen molar-refractivity contribution < 1.29 is 14.3 Å². The van der Waals surface area contributed by atoms with Crippen LogP contribution in [0.3, 0.4) is 0 Å². The predicted octanol–water partition coefficient (Wildman–Crippen LogP) is 3.33.